The molecular formula is C26H20N4O3S. The van der Waals surface area contributed by atoms with Gasteiger partial charge in [0.15, 0.2) is 23.3 Å². The quantitative estimate of drug-likeness (QED) is 0.222. The van der Waals surface area contributed by atoms with Crippen LogP contribution in [-0.4, -0.2) is 31.5 Å². The Morgan fingerprint density at radius 3 is 2.21 bits per heavy atom. The van der Waals surface area contributed by atoms with Gasteiger partial charge in [-0.1, -0.05) is 90.6 Å². The molecule has 7 nitrogen and oxygen atoms in total. The van der Waals surface area contributed by atoms with Gasteiger partial charge < -0.3 is 9.15 Å². The van der Waals surface area contributed by atoms with Crippen LogP contribution in [0.3, 0.4) is 0 Å². The number of hydrogen-bond donors (Lipinski definition) is 0. The molecule has 0 saturated heterocycles. The molecule has 0 unspecified atom stereocenters. The molecule has 5 aromatic rings. The number of benzene rings is 3. The van der Waals surface area contributed by atoms with Crippen LogP contribution in [0, 0.1) is 0 Å². The number of aromatic nitrogens is 4. The van der Waals surface area contributed by atoms with Crippen molar-refractivity contribution in [1.29, 1.82) is 0 Å². The van der Waals surface area contributed by atoms with Gasteiger partial charge in [0.05, 0.1) is 11.9 Å². The summed E-state index contributed by atoms with van der Waals surface area (Å²) < 4.78 is 13.0. The maximum Gasteiger partial charge on any atom is 0.316 e. The molecule has 0 aliphatic rings. The minimum Gasteiger partial charge on any atom is -0.455 e. The van der Waals surface area contributed by atoms with E-state index in [9.17, 15) is 4.79 Å². The summed E-state index contributed by atoms with van der Waals surface area (Å²) in [7, 11) is 0. The maximum absolute atomic E-state index is 12.4. The van der Waals surface area contributed by atoms with Gasteiger partial charge in [-0.05, 0) is 12.1 Å². The lowest BCUT2D eigenvalue weighted by atomic mass is 10.2. The zero-order valence-corrected chi connectivity index (χ0v) is 18.9. The molecular weight excluding hydrogens is 448 g/mol. The molecule has 2 aromatic heterocycles. The fraction of sp³-hybridized carbons (Fsp3) is 0.0769. The van der Waals surface area contributed by atoms with Crippen molar-refractivity contribution in [3.8, 4) is 28.4 Å². The van der Waals surface area contributed by atoms with Gasteiger partial charge in [-0.3, -0.25) is 9.36 Å². The lowest BCUT2D eigenvalue weighted by Gasteiger charge is -2.10. The highest BCUT2D eigenvalue weighted by molar-refractivity contribution is 7.99. The second-order valence-electron chi connectivity index (χ2n) is 7.28. The molecule has 0 spiro atoms. The Balaban J connectivity index is 1.26. The number of thioether (sulfide) groups is 1. The first-order valence-corrected chi connectivity index (χ1v) is 11.6. The molecule has 0 atom stereocenters. The minimum absolute atomic E-state index is 0.0349. The Hall–Kier alpha value is -4.17. The van der Waals surface area contributed by atoms with Gasteiger partial charge in [0, 0.05) is 16.8 Å². The predicted octanol–water partition coefficient (Wildman–Crippen LogP) is 5.42. The number of hydrogen-bond acceptors (Lipinski definition) is 7. The SMILES string of the molecule is O=C(CSc1nnc(-c2ccccc2)n1-c1ccccc1)OCc1ncc(-c2ccccc2)o1. The van der Waals surface area contributed by atoms with E-state index in [0.29, 0.717) is 22.6 Å². The van der Waals surface area contributed by atoms with E-state index >= 15 is 0 Å². The first kappa shape index (κ1) is 21.7. The first-order chi connectivity index (χ1) is 16.8. The Morgan fingerprint density at radius 2 is 1.50 bits per heavy atom. The Labute approximate surface area is 200 Å². The van der Waals surface area contributed by atoms with Crippen molar-refractivity contribution in [2.75, 3.05) is 5.75 Å². The van der Waals surface area contributed by atoms with E-state index in [2.05, 4.69) is 15.2 Å². The van der Waals surface area contributed by atoms with E-state index < -0.39 is 5.97 Å². The molecule has 0 bridgehead atoms. The summed E-state index contributed by atoms with van der Waals surface area (Å²) in [6, 6.07) is 29.3. The predicted molar refractivity (Wildman–Crippen MR) is 129 cm³/mol. The molecule has 0 N–H and O–H groups in total. The summed E-state index contributed by atoms with van der Waals surface area (Å²) in [5.74, 6) is 1.36. The van der Waals surface area contributed by atoms with Crippen molar-refractivity contribution in [3.05, 3.63) is 103 Å². The van der Waals surface area contributed by atoms with Crippen LogP contribution in [0.15, 0.2) is 107 Å². The van der Waals surface area contributed by atoms with Crippen molar-refractivity contribution in [2.24, 2.45) is 0 Å². The maximum atomic E-state index is 12.4. The van der Waals surface area contributed by atoms with Crippen LogP contribution in [0.5, 0.6) is 0 Å². The lowest BCUT2D eigenvalue weighted by molar-refractivity contribution is -0.142. The van der Waals surface area contributed by atoms with E-state index in [4.69, 9.17) is 9.15 Å². The van der Waals surface area contributed by atoms with Crippen molar-refractivity contribution < 1.29 is 13.9 Å². The second kappa shape index (κ2) is 10.2. The van der Waals surface area contributed by atoms with Crippen LogP contribution < -0.4 is 0 Å². The smallest absolute Gasteiger partial charge is 0.316 e. The second-order valence-corrected chi connectivity index (χ2v) is 8.22. The summed E-state index contributed by atoms with van der Waals surface area (Å²) in [5.41, 5.74) is 2.76. The molecule has 0 saturated carbocycles. The Bertz CT molecular complexity index is 1370. The largest absolute Gasteiger partial charge is 0.455 e. The molecule has 0 radical (unpaired) electrons. The molecule has 0 aliphatic carbocycles. The van der Waals surface area contributed by atoms with Crippen molar-refractivity contribution >= 4 is 17.7 Å². The zero-order chi connectivity index (χ0) is 23.2. The molecule has 2 heterocycles. The van der Waals surface area contributed by atoms with Gasteiger partial charge in [0.1, 0.15) is 0 Å². The third-order valence-corrected chi connectivity index (χ3v) is 5.87. The molecule has 34 heavy (non-hydrogen) atoms. The van der Waals surface area contributed by atoms with Gasteiger partial charge in [0.2, 0.25) is 5.89 Å². The number of esters is 1. The Morgan fingerprint density at radius 1 is 0.853 bits per heavy atom. The third-order valence-electron chi connectivity index (χ3n) is 4.97. The fourth-order valence-electron chi connectivity index (χ4n) is 3.37. The van der Waals surface area contributed by atoms with Crippen LogP contribution in [0.1, 0.15) is 5.89 Å². The number of para-hydroxylation sites is 1. The van der Waals surface area contributed by atoms with Gasteiger partial charge >= 0.3 is 5.97 Å². The molecule has 0 fully saturated rings. The van der Waals surface area contributed by atoms with Crippen LogP contribution in [0.2, 0.25) is 0 Å². The van der Waals surface area contributed by atoms with Crippen LogP contribution >= 0.6 is 11.8 Å². The summed E-state index contributed by atoms with van der Waals surface area (Å²) in [4.78, 5) is 16.6. The van der Waals surface area contributed by atoms with E-state index in [1.807, 2.05) is 95.6 Å². The van der Waals surface area contributed by atoms with Crippen LogP contribution in [0.4, 0.5) is 0 Å². The van der Waals surface area contributed by atoms with Gasteiger partial charge in [-0.25, -0.2) is 4.98 Å². The van der Waals surface area contributed by atoms with Crippen molar-refractivity contribution in [1.82, 2.24) is 19.7 Å². The fourth-order valence-corrected chi connectivity index (χ4v) is 4.12. The summed E-state index contributed by atoms with van der Waals surface area (Å²) in [6.07, 6.45) is 1.63. The number of nitrogens with zero attached hydrogens (tertiary/aromatic N) is 4. The number of ether oxygens (including phenoxy) is 1. The highest BCUT2D eigenvalue weighted by Crippen LogP contribution is 2.28. The molecule has 5 rings (SSSR count). The average molecular weight is 469 g/mol. The topological polar surface area (TPSA) is 83.0 Å². The summed E-state index contributed by atoms with van der Waals surface area (Å²) >= 11 is 1.27. The van der Waals surface area contributed by atoms with E-state index in [-0.39, 0.29) is 12.4 Å². The highest BCUT2D eigenvalue weighted by Gasteiger charge is 2.18. The monoisotopic (exact) mass is 468 g/mol. The summed E-state index contributed by atoms with van der Waals surface area (Å²) in [5, 5.41) is 9.32. The highest BCUT2D eigenvalue weighted by atomic mass is 32.2. The van der Waals surface area contributed by atoms with Crippen LogP contribution in [-0.2, 0) is 16.1 Å². The number of carbonyl (C=O) groups is 1. The van der Waals surface area contributed by atoms with E-state index in [1.165, 1.54) is 11.8 Å². The standard InChI is InChI=1S/C26H20N4O3S/c31-24(32-17-23-27-16-22(33-23)19-10-4-1-5-11-19)18-34-26-29-28-25(20-12-6-2-7-13-20)30(26)21-14-8-3-9-15-21/h1-16H,17-18H2. The van der Waals surface area contributed by atoms with Gasteiger partial charge in [0.25, 0.3) is 0 Å². The van der Waals surface area contributed by atoms with Crippen molar-refractivity contribution in [3.63, 3.8) is 0 Å². The minimum atomic E-state index is -0.395. The molecule has 168 valence electrons. The molecule has 0 amide bonds. The normalized spacial score (nSPS) is 10.8. The average Bonchev–Trinajstić information content (AvgIpc) is 3.55. The van der Waals surface area contributed by atoms with Gasteiger partial charge in [-0.2, -0.15) is 0 Å². The first-order valence-electron chi connectivity index (χ1n) is 10.6. The number of carbonyl (C=O) groups excluding carboxylic acids is 1. The molecule has 8 heteroatoms. The molecule has 3 aromatic carbocycles. The van der Waals surface area contributed by atoms with Crippen molar-refractivity contribution in [2.45, 2.75) is 11.8 Å². The molecule has 0 aliphatic heterocycles. The zero-order valence-electron chi connectivity index (χ0n) is 18.1. The van der Waals surface area contributed by atoms with Crippen LogP contribution in [0.25, 0.3) is 28.4 Å². The summed E-state index contributed by atoms with van der Waals surface area (Å²) in [6.45, 7) is -0.0349. The van der Waals surface area contributed by atoms with E-state index in [1.54, 1.807) is 6.20 Å². The third kappa shape index (κ3) is 4.92. The van der Waals surface area contributed by atoms with Gasteiger partial charge in [-0.15, -0.1) is 10.2 Å². The van der Waals surface area contributed by atoms with E-state index in [0.717, 1.165) is 16.8 Å². The number of oxazole rings is 1. The number of rotatable bonds is 8. The lowest BCUT2D eigenvalue weighted by Crippen LogP contribution is -2.08. The Kier molecular flexibility index (Phi) is 6.49.